The Balaban J connectivity index is 1.70. The van der Waals surface area contributed by atoms with Gasteiger partial charge < -0.3 is 10.7 Å². The second kappa shape index (κ2) is 6.42. The van der Waals surface area contributed by atoms with Crippen molar-refractivity contribution in [2.24, 2.45) is 0 Å². The standard InChI is InChI=1S/C20H26N4/c1-2-18(21)17-10-7-14(13-19(17)23-15-8-9-15)20-11-12-22-24(20)16-5-3-4-6-16/h7,10-13,15-16,21,23H,2-6,8-9H2,1H3. The average Bonchev–Trinajstić information content (AvgIpc) is 3.07. The minimum Gasteiger partial charge on any atom is -0.382 e. The normalized spacial score (nSPS) is 18.0. The van der Waals surface area contributed by atoms with Crippen molar-refractivity contribution in [2.75, 3.05) is 5.32 Å². The monoisotopic (exact) mass is 322 g/mol. The number of aromatic nitrogens is 2. The van der Waals surface area contributed by atoms with Crippen molar-refractivity contribution in [2.45, 2.75) is 64.0 Å². The molecule has 0 spiro atoms. The molecule has 126 valence electrons. The third-order valence-corrected chi connectivity index (χ3v) is 5.27. The fourth-order valence-corrected chi connectivity index (χ4v) is 3.71. The van der Waals surface area contributed by atoms with Gasteiger partial charge in [-0.15, -0.1) is 0 Å². The molecule has 1 aromatic carbocycles. The van der Waals surface area contributed by atoms with E-state index in [2.05, 4.69) is 39.4 Å². The molecule has 4 rings (SSSR count). The van der Waals surface area contributed by atoms with Crippen LogP contribution in [0.25, 0.3) is 11.3 Å². The third kappa shape index (κ3) is 2.97. The van der Waals surface area contributed by atoms with Gasteiger partial charge in [0.05, 0.1) is 11.7 Å². The van der Waals surface area contributed by atoms with Gasteiger partial charge in [-0.3, -0.25) is 4.68 Å². The SMILES string of the molecule is CCC(=N)c1ccc(-c2ccnn2C2CCCC2)cc1NC1CC1. The number of benzene rings is 1. The van der Waals surface area contributed by atoms with Gasteiger partial charge in [-0.25, -0.2) is 0 Å². The van der Waals surface area contributed by atoms with Gasteiger partial charge in [0.1, 0.15) is 0 Å². The van der Waals surface area contributed by atoms with Crippen LogP contribution in [-0.4, -0.2) is 21.5 Å². The lowest BCUT2D eigenvalue weighted by Crippen LogP contribution is -2.10. The van der Waals surface area contributed by atoms with E-state index in [4.69, 9.17) is 5.41 Å². The molecule has 4 nitrogen and oxygen atoms in total. The molecule has 0 bridgehead atoms. The Kier molecular flexibility index (Phi) is 4.13. The van der Waals surface area contributed by atoms with Gasteiger partial charge in [0.2, 0.25) is 0 Å². The van der Waals surface area contributed by atoms with E-state index in [9.17, 15) is 0 Å². The molecule has 4 heteroatoms. The highest BCUT2D eigenvalue weighted by atomic mass is 15.3. The average molecular weight is 322 g/mol. The Morgan fingerprint density at radius 1 is 1.21 bits per heavy atom. The minimum atomic E-state index is 0.545. The molecular formula is C20H26N4. The zero-order valence-corrected chi connectivity index (χ0v) is 14.4. The third-order valence-electron chi connectivity index (χ3n) is 5.27. The van der Waals surface area contributed by atoms with E-state index in [1.165, 1.54) is 49.8 Å². The highest BCUT2D eigenvalue weighted by Crippen LogP contribution is 2.35. The Bertz CT molecular complexity index is 736. The number of hydrogen-bond acceptors (Lipinski definition) is 3. The van der Waals surface area contributed by atoms with Crippen LogP contribution < -0.4 is 5.32 Å². The van der Waals surface area contributed by atoms with Crippen molar-refractivity contribution in [3.63, 3.8) is 0 Å². The van der Waals surface area contributed by atoms with Crippen molar-refractivity contribution in [3.05, 3.63) is 36.0 Å². The number of nitrogens with zero attached hydrogens (tertiary/aromatic N) is 2. The Labute approximate surface area is 143 Å². The van der Waals surface area contributed by atoms with Gasteiger partial charge in [0.25, 0.3) is 0 Å². The molecule has 2 aliphatic carbocycles. The summed E-state index contributed by atoms with van der Waals surface area (Å²) in [5.41, 5.74) is 5.26. The van der Waals surface area contributed by atoms with Gasteiger partial charge in [0.15, 0.2) is 0 Å². The van der Waals surface area contributed by atoms with Crippen molar-refractivity contribution >= 4 is 11.4 Å². The molecule has 1 aromatic heterocycles. The highest BCUT2D eigenvalue weighted by Gasteiger charge is 2.24. The molecule has 24 heavy (non-hydrogen) atoms. The quantitative estimate of drug-likeness (QED) is 0.734. The molecule has 0 atom stereocenters. The Hall–Kier alpha value is -2.10. The van der Waals surface area contributed by atoms with Crippen LogP contribution in [0.5, 0.6) is 0 Å². The topological polar surface area (TPSA) is 53.7 Å². The van der Waals surface area contributed by atoms with Crippen LogP contribution in [0.15, 0.2) is 30.5 Å². The van der Waals surface area contributed by atoms with Crippen LogP contribution in [0.2, 0.25) is 0 Å². The zero-order chi connectivity index (χ0) is 16.5. The van der Waals surface area contributed by atoms with E-state index in [1.54, 1.807) is 0 Å². The van der Waals surface area contributed by atoms with Gasteiger partial charge >= 0.3 is 0 Å². The predicted molar refractivity (Wildman–Crippen MR) is 98.9 cm³/mol. The van der Waals surface area contributed by atoms with E-state index >= 15 is 0 Å². The molecule has 0 saturated heterocycles. The largest absolute Gasteiger partial charge is 0.382 e. The summed E-state index contributed by atoms with van der Waals surface area (Å²) in [6.07, 6.45) is 10.3. The highest BCUT2D eigenvalue weighted by molar-refractivity contribution is 6.03. The van der Waals surface area contributed by atoms with Crippen LogP contribution >= 0.6 is 0 Å². The van der Waals surface area contributed by atoms with Crippen molar-refractivity contribution in [1.29, 1.82) is 5.41 Å². The molecule has 1 heterocycles. The molecular weight excluding hydrogens is 296 g/mol. The summed E-state index contributed by atoms with van der Waals surface area (Å²) in [6.45, 7) is 2.05. The lowest BCUT2D eigenvalue weighted by molar-refractivity contribution is 0.472. The fraction of sp³-hybridized carbons (Fsp3) is 0.500. The van der Waals surface area contributed by atoms with Crippen molar-refractivity contribution in [1.82, 2.24) is 9.78 Å². The molecule has 2 fully saturated rings. The van der Waals surface area contributed by atoms with E-state index < -0.39 is 0 Å². The van der Waals surface area contributed by atoms with Gasteiger partial charge in [-0.2, -0.15) is 5.10 Å². The summed E-state index contributed by atoms with van der Waals surface area (Å²) in [6, 6.07) is 9.74. The number of hydrogen-bond donors (Lipinski definition) is 2. The molecule has 2 aromatic rings. The summed E-state index contributed by atoms with van der Waals surface area (Å²) >= 11 is 0. The van der Waals surface area contributed by atoms with E-state index in [-0.39, 0.29) is 0 Å². The Morgan fingerprint density at radius 2 is 2.00 bits per heavy atom. The smallest absolute Gasteiger partial charge is 0.0686 e. The van der Waals surface area contributed by atoms with Gasteiger partial charge in [0, 0.05) is 34.8 Å². The van der Waals surface area contributed by atoms with Crippen LogP contribution in [0, 0.1) is 5.41 Å². The molecule has 2 aliphatic rings. The number of rotatable bonds is 6. The maximum Gasteiger partial charge on any atom is 0.0686 e. The molecule has 0 amide bonds. The van der Waals surface area contributed by atoms with E-state index in [0.29, 0.717) is 17.8 Å². The molecule has 2 N–H and O–H groups in total. The van der Waals surface area contributed by atoms with E-state index in [1.807, 2.05) is 13.1 Å². The second-order valence-corrected chi connectivity index (χ2v) is 7.11. The summed E-state index contributed by atoms with van der Waals surface area (Å²) in [5.74, 6) is 0. The number of anilines is 1. The summed E-state index contributed by atoms with van der Waals surface area (Å²) in [5, 5.41) is 16.5. The van der Waals surface area contributed by atoms with Crippen LogP contribution in [0.4, 0.5) is 5.69 Å². The molecule has 2 saturated carbocycles. The zero-order valence-electron chi connectivity index (χ0n) is 14.4. The minimum absolute atomic E-state index is 0.545. The molecule has 0 unspecified atom stereocenters. The van der Waals surface area contributed by atoms with Crippen molar-refractivity contribution < 1.29 is 0 Å². The van der Waals surface area contributed by atoms with Crippen LogP contribution in [0.1, 0.15) is 63.5 Å². The maximum atomic E-state index is 8.25. The first-order valence-corrected chi connectivity index (χ1v) is 9.28. The summed E-state index contributed by atoms with van der Waals surface area (Å²) < 4.78 is 2.22. The lowest BCUT2D eigenvalue weighted by atomic mass is 10.0. The summed E-state index contributed by atoms with van der Waals surface area (Å²) in [7, 11) is 0. The van der Waals surface area contributed by atoms with Gasteiger partial charge in [-0.05, 0) is 44.2 Å². The lowest BCUT2D eigenvalue weighted by Gasteiger charge is -2.17. The first-order chi connectivity index (χ1) is 11.8. The Morgan fingerprint density at radius 3 is 2.71 bits per heavy atom. The first-order valence-electron chi connectivity index (χ1n) is 9.28. The summed E-state index contributed by atoms with van der Waals surface area (Å²) in [4.78, 5) is 0. The maximum absolute atomic E-state index is 8.25. The first kappa shape index (κ1) is 15.4. The second-order valence-electron chi connectivity index (χ2n) is 7.11. The number of nitrogens with one attached hydrogen (secondary N) is 2. The van der Waals surface area contributed by atoms with E-state index in [0.717, 1.165) is 17.7 Å². The van der Waals surface area contributed by atoms with Crippen LogP contribution in [-0.2, 0) is 0 Å². The predicted octanol–water partition coefficient (Wildman–Crippen LogP) is 5.02. The van der Waals surface area contributed by atoms with Gasteiger partial charge in [-0.1, -0.05) is 31.9 Å². The molecule has 0 radical (unpaired) electrons. The fourth-order valence-electron chi connectivity index (χ4n) is 3.71. The van der Waals surface area contributed by atoms with Crippen molar-refractivity contribution in [3.8, 4) is 11.3 Å². The molecule has 0 aliphatic heterocycles. The van der Waals surface area contributed by atoms with Crippen LogP contribution in [0.3, 0.4) is 0 Å².